The minimum atomic E-state index is -1.51. The molecule has 24 heavy (non-hydrogen) atoms. The zero-order valence-corrected chi connectivity index (χ0v) is 13.5. The molecule has 3 rings (SSSR count). The quantitative estimate of drug-likeness (QED) is 0.819. The van der Waals surface area contributed by atoms with Crippen LogP contribution in [0.25, 0.3) is 0 Å². The summed E-state index contributed by atoms with van der Waals surface area (Å²) in [5.74, 6) is -0.841. The first-order chi connectivity index (χ1) is 11.5. The molecule has 2 fully saturated rings. The molecule has 0 bridgehead atoms. The van der Waals surface area contributed by atoms with Crippen LogP contribution in [0.15, 0.2) is 24.3 Å². The number of halogens is 1. The third kappa shape index (κ3) is 3.57. The van der Waals surface area contributed by atoms with Gasteiger partial charge in [-0.3, -0.25) is 14.5 Å². The zero-order valence-electron chi connectivity index (χ0n) is 13.5. The molecule has 1 aromatic rings. The number of nitrogens with zero attached hydrogens (tertiary/aromatic N) is 2. The Balaban J connectivity index is 1.69. The normalized spacial score (nSPS) is 25.7. The lowest BCUT2D eigenvalue weighted by molar-refractivity contribution is -0.161. The second kappa shape index (κ2) is 6.86. The first kappa shape index (κ1) is 16.9. The van der Waals surface area contributed by atoms with Gasteiger partial charge in [0.15, 0.2) is 5.60 Å². The lowest BCUT2D eigenvalue weighted by Gasteiger charge is -2.41. The third-order valence-corrected chi connectivity index (χ3v) is 4.63. The topological polar surface area (TPSA) is 72.9 Å². The summed E-state index contributed by atoms with van der Waals surface area (Å²) in [6.07, 6.45) is 1.01. The number of piperazine rings is 1. The van der Waals surface area contributed by atoms with Crippen molar-refractivity contribution in [3.05, 3.63) is 35.6 Å². The van der Waals surface area contributed by atoms with E-state index in [2.05, 4.69) is 5.32 Å². The Morgan fingerprint density at radius 3 is 2.79 bits per heavy atom. The van der Waals surface area contributed by atoms with Crippen LogP contribution in [-0.4, -0.2) is 65.0 Å². The summed E-state index contributed by atoms with van der Waals surface area (Å²) in [5, 5.41) is 13.6. The molecule has 6 nitrogen and oxygen atoms in total. The number of likely N-dealkylation sites (tertiary alicyclic amines) is 1. The Labute approximate surface area is 140 Å². The van der Waals surface area contributed by atoms with Gasteiger partial charge in [-0.25, -0.2) is 4.39 Å². The maximum absolute atomic E-state index is 13.8. The molecule has 2 N–H and O–H groups in total. The number of β-amino-alcohol motifs (C(OH)–C–C–N with tert-alkyl or cyclic N) is 1. The van der Waals surface area contributed by atoms with Gasteiger partial charge in [-0.2, -0.15) is 0 Å². The fraction of sp³-hybridized carbons (Fsp3) is 0.529. The molecule has 0 spiro atoms. The van der Waals surface area contributed by atoms with Gasteiger partial charge in [0.05, 0.1) is 6.54 Å². The van der Waals surface area contributed by atoms with Crippen LogP contribution in [0.3, 0.4) is 0 Å². The predicted molar refractivity (Wildman–Crippen MR) is 85.5 cm³/mol. The summed E-state index contributed by atoms with van der Waals surface area (Å²) in [4.78, 5) is 27.5. The Bertz CT molecular complexity index is 639. The van der Waals surface area contributed by atoms with Gasteiger partial charge >= 0.3 is 0 Å². The Hall–Kier alpha value is -1.99. The molecular formula is C17H22FN3O3. The van der Waals surface area contributed by atoms with E-state index in [1.807, 2.05) is 0 Å². The number of benzene rings is 1. The summed E-state index contributed by atoms with van der Waals surface area (Å²) in [6, 6.07) is 6.34. The number of piperidine rings is 1. The molecular weight excluding hydrogens is 313 g/mol. The molecule has 0 unspecified atom stereocenters. The summed E-state index contributed by atoms with van der Waals surface area (Å²) < 4.78 is 13.8. The average Bonchev–Trinajstić information content (AvgIpc) is 2.54. The van der Waals surface area contributed by atoms with E-state index in [4.69, 9.17) is 0 Å². The first-order valence-corrected chi connectivity index (χ1v) is 8.22. The highest BCUT2D eigenvalue weighted by Crippen LogP contribution is 2.26. The van der Waals surface area contributed by atoms with E-state index in [0.29, 0.717) is 38.0 Å². The summed E-state index contributed by atoms with van der Waals surface area (Å²) in [6.45, 7) is 2.08. The number of rotatable bonds is 4. The second-order valence-electron chi connectivity index (χ2n) is 6.51. The number of hydrogen-bond acceptors (Lipinski definition) is 4. The molecule has 0 saturated carbocycles. The Morgan fingerprint density at radius 2 is 2.04 bits per heavy atom. The fourth-order valence-corrected chi connectivity index (χ4v) is 3.39. The maximum atomic E-state index is 13.8. The molecule has 2 aliphatic heterocycles. The maximum Gasteiger partial charge on any atom is 0.256 e. The van der Waals surface area contributed by atoms with Crippen molar-refractivity contribution in [3.63, 3.8) is 0 Å². The van der Waals surface area contributed by atoms with Crippen LogP contribution in [0.5, 0.6) is 0 Å². The number of aliphatic hydroxyl groups is 1. The molecule has 7 heteroatoms. The average molecular weight is 335 g/mol. The fourth-order valence-electron chi connectivity index (χ4n) is 3.39. The summed E-state index contributed by atoms with van der Waals surface area (Å²) >= 11 is 0. The predicted octanol–water partition coefficient (Wildman–Crippen LogP) is 0.111. The smallest absolute Gasteiger partial charge is 0.256 e. The number of amides is 2. The van der Waals surface area contributed by atoms with Crippen molar-refractivity contribution in [2.45, 2.75) is 25.0 Å². The van der Waals surface area contributed by atoms with Gasteiger partial charge in [0.25, 0.3) is 5.91 Å². The standard InChI is InChI=1S/C17H22FN3O3/c18-14-5-2-1-4-13(14)10-21-8-3-6-17(24,16(21)23)12-20-9-7-19-15(22)11-20/h1-2,4-5,24H,3,6-12H2,(H,19,22)/t17-/m0/s1. The van der Waals surface area contributed by atoms with E-state index in [1.54, 1.807) is 23.1 Å². The molecule has 0 aromatic heterocycles. The SMILES string of the molecule is O=C1CN(C[C@@]2(O)CCCN(Cc3ccccc3F)C2=O)CCN1. The minimum absolute atomic E-state index is 0.101. The molecule has 2 saturated heterocycles. The van der Waals surface area contributed by atoms with E-state index >= 15 is 0 Å². The van der Waals surface area contributed by atoms with Crippen molar-refractivity contribution in [1.29, 1.82) is 0 Å². The Kier molecular flexibility index (Phi) is 4.82. The molecule has 2 amide bonds. The number of carbonyl (C=O) groups excluding carboxylic acids is 2. The van der Waals surface area contributed by atoms with E-state index in [1.165, 1.54) is 11.0 Å². The van der Waals surface area contributed by atoms with Crippen molar-refractivity contribution < 1.29 is 19.1 Å². The molecule has 2 aliphatic rings. The molecule has 0 aliphatic carbocycles. The van der Waals surface area contributed by atoms with Crippen LogP contribution in [0.4, 0.5) is 4.39 Å². The number of carbonyl (C=O) groups is 2. The summed E-state index contributed by atoms with van der Waals surface area (Å²) in [7, 11) is 0. The van der Waals surface area contributed by atoms with Crippen molar-refractivity contribution in [1.82, 2.24) is 15.1 Å². The molecule has 1 atom stereocenters. The van der Waals surface area contributed by atoms with Crippen LogP contribution in [0, 0.1) is 5.82 Å². The van der Waals surface area contributed by atoms with Crippen molar-refractivity contribution >= 4 is 11.8 Å². The van der Waals surface area contributed by atoms with Gasteiger partial charge in [-0.15, -0.1) is 0 Å². The van der Waals surface area contributed by atoms with Crippen molar-refractivity contribution in [2.75, 3.05) is 32.7 Å². The van der Waals surface area contributed by atoms with Gasteiger partial charge in [-0.1, -0.05) is 18.2 Å². The largest absolute Gasteiger partial charge is 0.379 e. The highest BCUT2D eigenvalue weighted by Gasteiger charge is 2.43. The van der Waals surface area contributed by atoms with Crippen molar-refractivity contribution in [2.24, 2.45) is 0 Å². The second-order valence-corrected chi connectivity index (χ2v) is 6.51. The Morgan fingerprint density at radius 1 is 1.25 bits per heavy atom. The molecule has 1 aromatic carbocycles. The van der Waals surface area contributed by atoms with Crippen molar-refractivity contribution in [3.8, 4) is 0 Å². The molecule has 2 heterocycles. The van der Waals surface area contributed by atoms with E-state index in [0.717, 1.165) is 0 Å². The van der Waals surface area contributed by atoms with Gasteiger partial charge in [0.2, 0.25) is 5.91 Å². The first-order valence-electron chi connectivity index (χ1n) is 8.22. The zero-order chi connectivity index (χ0) is 17.2. The molecule has 0 radical (unpaired) electrons. The van der Waals surface area contributed by atoms with Crippen LogP contribution < -0.4 is 5.32 Å². The van der Waals surface area contributed by atoms with Crippen LogP contribution in [-0.2, 0) is 16.1 Å². The lowest BCUT2D eigenvalue weighted by Crippen LogP contribution is -2.60. The van der Waals surface area contributed by atoms with Gasteiger partial charge in [-0.05, 0) is 18.9 Å². The van der Waals surface area contributed by atoms with Crippen LogP contribution >= 0.6 is 0 Å². The third-order valence-electron chi connectivity index (χ3n) is 4.63. The molecule has 130 valence electrons. The highest BCUT2D eigenvalue weighted by atomic mass is 19.1. The van der Waals surface area contributed by atoms with Crippen LogP contribution in [0.1, 0.15) is 18.4 Å². The van der Waals surface area contributed by atoms with Crippen LogP contribution in [0.2, 0.25) is 0 Å². The monoisotopic (exact) mass is 335 g/mol. The van der Waals surface area contributed by atoms with E-state index < -0.39 is 5.60 Å². The minimum Gasteiger partial charge on any atom is -0.379 e. The highest BCUT2D eigenvalue weighted by molar-refractivity contribution is 5.86. The van der Waals surface area contributed by atoms with Gasteiger partial charge in [0, 0.05) is 38.3 Å². The number of nitrogens with one attached hydrogen (secondary N) is 1. The van der Waals surface area contributed by atoms with Gasteiger partial charge < -0.3 is 15.3 Å². The van der Waals surface area contributed by atoms with E-state index in [-0.39, 0.29) is 37.3 Å². The van der Waals surface area contributed by atoms with E-state index in [9.17, 15) is 19.1 Å². The van der Waals surface area contributed by atoms with Gasteiger partial charge in [0.1, 0.15) is 5.82 Å². The lowest BCUT2D eigenvalue weighted by atomic mass is 9.90. The number of hydrogen-bond donors (Lipinski definition) is 2. The summed E-state index contributed by atoms with van der Waals surface area (Å²) in [5.41, 5.74) is -1.08.